The molecule has 0 aromatic rings. The van der Waals surface area contributed by atoms with Crippen molar-refractivity contribution in [3.8, 4) is 0 Å². The first-order chi connectivity index (χ1) is 7.91. The van der Waals surface area contributed by atoms with Crippen molar-refractivity contribution in [3.63, 3.8) is 0 Å². The summed E-state index contributed by atoms with van der Waals surface area (Å²) in [7, 11) is 0. The molecular formula is C13H27NO2S. The molecule has 1 aliphatic rings. The molecule has 1 heterocycles. The van der Waals surface area contributed by atoms with Crippen LogP contribution >= 0.6 is 11.8 Å². The molecule has 0 radical (unpaired) electrons. The van der Waals surface area contributed by atoms with Crippen molar-refractivity contribution < 1.29 is 9.84 Å². The lowest BCUT2D eigenvalue weighted by Gasteiger charge is -2.39. The maximum Gasteiger partial charge on any atom is 0.0833 e. The topological polar surface area (TPSA) is 41.5 Å². The predicted molar refractivity (Wildman–Crippen MR) is 74.7 cm³/mol. The molecule has 0 bridgehead atoms. The van der Waals surface area contributed by atoms with Crippen molar-refractivity contribution in [2.75, 3.05) is 25.2 Å². The molecule has 1 fully saturated rings. The van der Waals surface area contributed by atoms with Crippen LogP contribution in [-0.2, 0) is 4.74 Å². The maximum atomic E-state index is 10.1. The second kappa shape index (κ2) is 6.41. The van der Waals surface area contributed by atoms with E-state index in [2.05, 4.69) is 19.2 Å². The van der Waals surface area contributed by atoms with E-state index in [1.807, 2.05) is 13.2 Å². The van der Waals surface area contributed by atoms with Gasteiger partial charge in [-0.05, 0) is 39.4 Å². The monoisotopic (exact) mass is 261 g/mol. The number of nitrogens with one attached hydrogen (secondary N) is 1. The van der Waals surface area contributed by atoms with Crippen molar-refractivity contribution in [3.05, 3.63) is 0 Å². The second-order valence-electron chi connectivity index (χ2n) is 5.65. The molecule has 1 saturated heterocycles. The summed E-state index contributed by atoms with van der Waals surface area (Å²) in [6.07, 6.45) is 5.16. The summed E-state index contributed by atoms with van der Waals surface area (Å²) >= 11 is 1.68. The Morgan fingerprint density at radius 2 is 2.29 bits per heavy atom. The lowest BCUT2D eigenvalue weighted by molar-refractivity contribution is -0.0798. The van der Waals surface area contributed by atoms with E-state index in [4.69, 9.17) is 4.74 Å². The van der Waals surface area contributed by atoms with E-state index in [-0.39, 0.29) is 5.60 Å². The zero-order chi connectivity index (χ0) is 12.9. The molecule has 0 amide bonds. The molecule has 1 rings (SSSR count). The van der Waals surface area contributed by atoms with Crippen LogP contribution in [0.1, 0.15) is 40.0 Å². The zero-order valence-corrected chi connectivity index (χ0v) is 12.4. The molecule has 2 N–H and O–H groups in total. The molecule has 1 aliphatic heterocycles. The highest BCUT2D eigenvalue weighted by molar-refractivity contribution is 7.98. The van der Waals surface area contributed by atoms with Gasteiger partial charge in [-0.2, -0.15) is 11.8 Å². The van der Waals surface area contributed by atoms with Crippen molar-refractivity contribution in [2.24, 2.45) is 0 Å². The highest BCUT2D eigenvalue weighted by atomic mass is 32.2. The Bertz CT molecular complexity index is 235. The molecule has 4 heteroatoms. The number of rotatable bonds is 6. The van der Waals surface area contributed by atoms with Gasteiger partial charge in [0.1, 0.15) is 0 Å². The number of hydrogen-bond donors (Lipinski definition) is 2. The van der Waals surface area contributed by atoms with Crippen LogP contribution in [-0.4, -0.2) is 47.5 Å². The Balaban J connectivity index is 2.37. The summed E-state index contributed by atoms with van der Waals surface area (Å²) in [5.74, 6) is 0.772. The fourth-order valence-corrected chi connectivity index (χ4v) is 3.00. The first kappa shape index (κ1) is 15.3. The SMILES string of the molecule is CCC1(C)CC(NCC(C)(O)CSC)CCO1. The van der Waals surface area contributed by atoms with Crippen LogP contribution < -0.4 is 5.32 Å². The van der Waals surface area contributed by atoms with Gasteiger partial charge in [0.2, 0.25) is 0 Å². The van der Waals surface area contributed by atoms with Crippen LogP contribution in [0, 0.1) is 0 Å². The quantitative estimate of drug-likeness (QED) is 0.768. The van der Waals surface area contributed by atoms with Crippen LogP contribution in [0.4, 0.5) is 0 Å². The van der Waals surface area contributed by atoms with E-state index >= 15 is 0 Å². The average molecular weight is 261 g/mol. The Labute approximate surface area is 110 Å². The summed E-state index contributed by atoms with van der Waals surface area (Å²) in [5, 5.41) is 13.6. The van der Waals surface area contributed by atoms with Gasteiger partial charge in [-0.3, -0.25) is 0 Å². The molecule has 0 aliphatic carbocycles. The molecule has 0 aromatic heterocycles. The van der Waals surface area contributed by atoms with Gasteiger partial charge < -0.3 is 15.2 Å². The summed E-state index contributed by atoms with van der Waals surface area (Å²) in [6, 6.07) is 0.474. The Morgan fingerprint density at radius 1 is 1.59 bits per heavy atom. The van der Waals surface area contributed by atoms with E-state index < -0.39 is 5.60 Å². The van der Waals surface area contributed by atoms with Crippen molar-refractivity contribution in [2.45, 2.75) is 57.3 Å². The van der Waals surface area contributed by atoms with Gasteiger partial charge in [0.05, 0.1) is 11.2 Å². The lowest BCUT2D eigenvalue weighted by atomic mass is 9.89. The highest BCUT2D eigenvalue weighted by Gasteiger charge is 2.32. The number of ether oxygens (including phenoxy) is 1. The first-order valence-electron chi connectivity index (χ1n) is 6.49. The van der Waals surface area contributed by atoms with Crippen LogP contribution in [0.15, 0.2) is 0 Å². The normalized spacial score (nSPS) is 33.4. The van der Waals surface area contributed by atoms with E-state index in [9.17, 15) is 5.11 Å². The van der Waals surface area contributed by atoms with Gasteiger partial charge in [-0.25, -0.2) is 0 Å². The van der Waals surface area contributed by atoms with Gasteiger partial charge in [0.15, 0.2) is 0 Å². The molecule has 0 saturated carbocycles. The zero-order valence-electron chi connectivity index (χ0n) is 11.6. The summed E-state index contributed by atoms with van der Waals surface area (Å²) < 4.78 is 5.82. The van der Waals surface area contributed by atoms with Crippen LogP contribution in [0.5, 0.6) is 0 Å². The third kappa shape index (κ3) is 5.16. The molecule has 0 aromatic carbocycles. The molecule has 3 unspecified atom stereocenters. The third-order valence-electron chi connectivity index (χ3n) is 3.57. The number of thioether (sulfide) groups is 1. The van der Waals surface area contributed by atoms with Crippen molar-refractivity contribution >= 4 is 11.8 Å². The van der Waals surface area contributed by atoms with Crippen LogP contribution in [0.2, 0.25) is 0 Å². The largest absolute Gasteiger partial charge is 0.388 e. The molecule has 17 heavy (non-hydrogen) atoms. The third-order valence-corrected chi connectivity index (χ3v) is 4.48. The van der Waals surface area contributed by atoms with Gasteiger partial charge in [0.25, 0.3) is 0 Å². The highest BCUT2D eigenvalue weighted by Crippen LogP contribution is 2.27. The smallest absolute Gasteiger partial charge is 0.0833 e. The molecule has 3 atom stereocenters. The summed E-state index contributed by atoms with van der Waals surface area (Å²) in [6.45, 7) is 7.74. The van der Waals surface area contributed by atoms with E-state index in [0.29, 0.717) is 12.6 Å². The lowest BCUT2D eigenvalue weighted by Crippen LogP contribution is -2.50. The van der Waals surface area contributed by atoms with Crippen molar-refractivity contribution in [1.82, 2.24) is 5.32 Å². The fourth-order valence-electron chi connectivity index (χ4n) is 2.28. The molecular weight excluding hydrogens is 234 g/mol. The van der Waals surface area contributed by atoms with Crippen LogP contribution in [0.3, 0.4) is 0 Å². The van der Waals surface area contributed by atoms with Crippen LogP contribution in [0.25, 0.3) is 0 Å². The molecule has 0 spiro atoms. The molecule has 3 nitrogen and oxygen atoms in total. The van der Waals surface area contributed by atoms with Gasteiger partial charge in [-0.1, -0.05) is 6.92 Å². The van der Waals surface area contributed by atoms with E-state index in [1.54, 1.807) is 11.8 Å². The summed E-state index contributed by atoms with van der Waals surface area (Å²) in [5.41, 5.74) is -0.596. The minimum Gasteiger partial charge on any atom is -0.388 e. The standard InChI is InChI=1S/C13H27NO2S/c1-5-13(3)8-11(6-7-16-13)14-9-12(2,15)10-17-4/h11,14-15H,5-10H2,1-4H3. The Hall–Kier alpha value is 0.230. The predicted octanol–water partition coefficient (Wildman–Crippen LogP) is 2.04. The van der Waals surface area contributed by atoms with E-state index in [0.717, 1.165) is 31.6 Å². The maximum absolute atomic E-state index is 10.1. The minimum absolute atomic E-state index is 0.0152. The molecule has 102 valence electrons. The van der Waals surface area contributed by atoms with E-state index in [1.165, 1.54) is 0 Å². The average Bonchev–Trinajstić information content (AvgIpc) is 2.27. The van der Waals surface area contributed by atoms with Gasteiger partial charge in [-0.15, -0.1) is 0 Å². The Morgan fingerprint density at radius 3 is 2.88 bits per heavy atom. The number of aliphatic hydroxyl groups is 1. The fraction of sp³-hybridized carbons (Fsp3) is 1.00. The first-order valence-corrected chi connectivity index (χ1v) is 7.89. The van der Waals surface area contributed by atoms with Gasteiger partial charge in [0, 0.05) is 24.9 Å². The second-order valence-corrected chi connectivity index (χ2v) is 6.52. The van der Waals surface area contributed by atoms with Gasteiger partial charge >= 0.3 is 0 Å². The Kier molecular flexibility index (Phi) is 5.77. The minimum atomic E-state index is -0.611. The summed E-state index contributed by atoms with van der Waals surface area (Å²) in [4.78, 5) is 0. The van der Waals surface area contributed by atoms with Crippen molar-refractivity contribution in [1.29, 1.82) is 0 Å². The number of hydrogen-bond acceptors (Lipinski definition) is 4.